The Bertz CT molecular complexity index is 912. The minimum atomic E-state index is 0. The predicted octanol–water partition coefficient (Wildman–Crippen LogP) is 7.15. The van der Waals surface area contributed by atoms with Crippen LogP contribution in [0.25, 0.3) is 22.3 Å². The topological polar surface area (TPSA) is 0 Å². The van der Waals surface area contributed by atoms with Crippen LogP contribution in [-0.4, -0.2) is 0 Å². The maximum absolute atomic E-state index is 2.22. The summed E-state index contributed by atoms with van der Waals surface area (Å²) < 4.78 is 0. The lowest BCUT2D eigenvalue weighted by molar-refractivity contribution is 1.26. The molecular formula is C27H24. The largest absolute Gasteiger partial charge is 0.0776 e. The molecule has 0 unspecified atom stereocenters. The minimum Gasteiger partial charge on any atom is -0.0776 e. The summed E-state index contributed by atoms with van der Waals surface area (Å²) in [7, 11) is 0. The van der Waals surface area contributed by atoms with Crippen LogP contribution in [0.1, 0.15) is 29.7 Å². The smallest absolute Gasteiger partial charge is 0.00135 e. The normalized spacial score (nSPS) is 11.9. The summed E-state index contributed by atoms with van der Waals surface area (Å²) in [6.07, 6.45) is 2.21. The molecule has 0 heteroatoms. The van der Waals surface area contributed by atoms with Gasteiger partial charge < -0.3 is 0 Å². The highest BCUT2D eigenvalue weighted by molar-refractivity contribution is 5.77. The molecule has 4 aromatic rings. The minimum absolute atomic E-state index is 0. The molecule has 132 valence electrons. The second kappa shape index (κ2) is 7.25. The van der Waals surface area contributed by atoms with Gasteiger partial charge in [-0.3, -0.25) is 0 Å². The second-order valence-corrected chi connectivity index (χ2v) is 6.98. The van der Waals surface area contributed by atoms with Gasteiger partial charge in [0, 0.05) is 0 Å². The van der Waals surface area contributed by atoms with Crippen molar-refractivity contribution in [1.29, 1.82) is 0 Å². The molecule has 0 saturated carbocycles. The average molecular weight is 348 g/mol. The fourth-order valence-corrected chi connectivity index (χ4v) is 4.16. The summed E-state index contributed by atoms with van der Waals surface area (Å²) in [5, 5.41) is 0. The number of rotatable bonds is 0. The molecule has 0 fully saturated rings. The molecule has 0 aromatic heterocycles. The van der Waals surface area contributed by atoms with E-state index in [1.165, 1.54) is 44.5 Å². The molecule has 4 aromatic carbocycles. The van der Waals surface area contributed by atoms with Gasteiger partial charge in [0.15, 0.2) is 0 Å². The lowest BCUT2D eigenvalue weighted by atomic mass is 10.1. The molecule has 2 aliphatic rings. The van der Waals surface area contributed by atoms with Crippen molar-refractivity contribution < 1.29 is 0 Å². The summed E-state index contributed by atoms with van der Waals surface area (Å²) in [4.78, 5) is 0. The standard InChI is InChI=1S/2C13H10.CH4/c2*1-3-7-12-10(5-1)9-11-6-2-4-8-13(11)12;/h2*1-8H,9H2;1H4. The molecule has 0 amide bonds. The number of benzene rings is 4. The zero-order valence-corrected chi connectivity index (χ0v) is 14.7. The first-order chi connectivity index (χ1) is 12.9. The van der Waals surface area contributed by atoms with Gasteiger partial charge in [-0.05, 0) is 57.3 Å². The van der Waals surface area contributed by atoms with E-state index in [2.05, 4.69) is 97.1 Å². The van der Waals surface area contributed by atoms with Crippen molar-refractivity contribution in [3.05, 3.63) is 119 Å². The highest BCUT2D eigenvalue weighted by Crippen LogP contribution is 2.36. The molecule has 0 saturated heterocycles. The zero-order valence-electron chi connectivity index (χ0n) is 14.7. The van der Waals surface area contributed by atoms with Gasteiger partial charge >= 0.3 is 0 Å². The third-order valence-corrected chi connectivity index (χ3v) is 5.41. The van der Waals surface area contributed by atoms with E-state index in [0.29, 0.717) is 0 Å². The summed E-state index contributed by atoms with van der Waals surface area (Å²) in [6.45, 7) is 0. The maximum Gasteiger partial charge on any atom is -0.00135 e. The van der Waals surface area contributed by atoms with Gasteiger partial charge in [0.1, 0.15) is 0 Å². The first-order valence-electron chi connectivity index (χ1n) is 9.22. The Morgan fingerprint density at radius 2 is 0.556 bits per heavy atom. The Morgan fingerprint density at radius 3 is 0.815 bits per heavy atom. The fourth-order valence-electron chi connectivity index (χ4n) is 4.16. The van der Waals surface area contributed by atoms with Crippen LogP contribution < -0.4 is 0 Å². The van der Waals surface area contributed by atoms with Gasteiger partial charge in [0.25, 0.3) is 0 Å². The van der Waals surface area contributed by atoms with Crippen LogP contribution in [0.4, 0.5) is 0 Å². The van der Waals surface area contributed by atoms with Crippen LogP contribution in [0.2, 0.25) is 0 Å². The van der Waals surface area contributed by atoms with Gasteiger partial charge in [-0.2, -0.15) is 0 Å². The van der Waals surface area contributed by atoms with Crippen molar-refractivity contribution in [3.8, 4) is 22.3 Å². The van der Waals surface area contributed by atoms with E-state index in [9.17, 15) is 0 Å². The number of hydrogen-bond donors (Lipinski definition) is 0. The van der Waals surface area contributed by atoms with Gasteiger partial charge in [-0.1, -0.05) is 104 Å². The lowest BCUT2D eigenvalue weighted by Gasteiger charge is -1.98. The Hall–Kier alpha value is -3.12. The molecule has 0 atom stereocenters. The Balaban J connectivity index is 0.000000129. The van der Waals surface area contributed by atoms with Crippen molar-refractivity contribution >= 4 is 0 Å². The Morgan fingerprint density at radius 1 is 0.333 bits per heavy atom. The summed E-state index contributed by atoms with van der Waals surface area (Å²) in [5.74, 6) is 0. The van der Waals surface area contributed by atoms with Crippen molar-refractivity contribution in [3.63, 3.8) is 0 Å². The average Bonchev–Trinajstić information content (AvgIpc) is 3.27. The summed E-state index contributed by atoms with van der Waals surface area (Å²) in [6, 6.07) is 34.6. The molecule has 0 spiro atoms. The van der Waals surface area contributed by atoms with Crippen LogP contribution in [-0.2, 0) is 12.8 Å². The van der Waals surface area contributed by atoms with E-state index in [1.807, 2.05) is 0 Å². The molecule has 0 radical (unpaired) electrons. The van der Waals surface area contributed by atoms with Crippen molar-refractivity contribution in [1.82, 2.24) is 0 Å². The SMILES string of the molecule is C.c1ccc2c(c1)Cc1ccccc1-2.c1ccc2c(c1)Cc1ccccc1-2. The highest BCUT2D eigenvalue weighted by atomic mass is 14.2. The van der Waals surface area contributed by atoms with E-state index in [0.717, 1.165) is 12.8 Å². The van der Waals surface area contributed by atoms with Gasteiger partial charge in [0.2, 0.25) is 0 Å². The van der Waals surface area contributed by atoms with Crippen LogP contribution in [0.5, 0.6) is 0 Å². The summed E-state index contributed by atoms with van der Waals surface area (Å²) >= 11 is 0. The quantitative estimate of drug-likeness (QED) is 0.273. The van der Waals surface area contributed by atoms with Gasteiger partial charge in [0.05, 0.1) is 0 Å². The highest BCUT2D eigenvalue weighted by Gasteiger charge is 2.16. The lowest BCUT2D eigenvalue weighted by Crippen LogP contribution is -1.77. The first-order valence-corrected chi connectivity index (χ1v) is 9.22. The molecule has 0 heterocycles. The van der Waals surface area contributed by atoms with Crippen LogP contribution in [0.15, 0.2) is 97.1 Å². The van der Waals surface area contributed by atoms with Crippen molar-refractivity contribution in [2.45, 2.75) is 20.3 Å². The van der Waals surface area contributed by atoms with Crippen LogP contribution in [0.3, 0.4) is 0 Å². The number of fused-ring (bicyclic) bond motifs is 6. The maximum atomic E-state index is 2.22. The molecule has 2 aliphatic carbocycles. The van der Waals surface area contributed by atoms with E-state index >= 15 is 0 Å². The zero-order chi connectivity index (χ0) is 17.3. The van der Waals surface area contributed by atoms with Gasteiger partial charge in [-0.25, -0.2) is 0 Å². The van der Waals surface area contributed by atoms with E-state index in [1.54, 1.807) is 0 Å². The molecule has 27 heavy (non-hydrogen) atoms. The molecular weight excluding hydrogens is 324 g/mol. The second-order valence-electron chi connectivity index (χ2n) is 6.98. The van der Waals surface area contributed by atoms with Crippen molar-refractivity contribution in [2.24, 2.45) is 0 Å². The fraction of sp³-hybridized carbons (Fsp3) is 0.111. The first kappa shape index (κ1) is 17.3. The predicted molar refractivity (Wildman–Crippen MR) is 116 cm³/mol. The third kappa shape index (κ3) is 3.08. The third-order valence-electron chi connectivity index (χ3n) is 5.41. The summed E-state index contributed by atoms with van der Waals surface area (Å²) in [5.41, 5.74) is 11.5. The Kier molecular flexibility index (Phi) is 4.64. The van der Waals surface area contributed by atoms with Crippen LogP contribution >= 0.6 is 0 Å². The monoisotopic (exact) mass is 348 g/mol. The molecule has 0 bridgehead atoms. The number of hydrogen-bond acceptors (Lipinski definition) is 0. The molecule has 6 rings (SSSR count). The van der Waals surface area contributed by atoms with Crippen molar-refractivity contribution in [2.75, 3.05) is 0 Å². The van der Waals surface area contributed by atoms with E-state index in [-0.39, 0.29) is 7.43 Å². The van der Waals surface area contributed by atoms with E-state index < -0.39 is 0 Å². The van der Waals surface area contributed by atoms with Gasteiger partial charge in [-0.15, -0.1) is 0 Å². The van der Waals surface area contributed by atoms with Crippen LogP contribution in [0, 0.1) is 0 Å². The molecule has 0 aliphatic heterocycles. The van der Waals surface area contributed by atoms with E-state index in [4.69, 9.17) is 0 Å². The molecule has 0 N–H and O–H groups in total. The Labute approximate surface area is 162 Å². The molecule has 0 nitrogen and oxygen atoms in total.